The van der Waals surface area contributed by atoms with E-state index in [2.05, 4.69) is 20.8 Å². The van der Waals surface area contributed by atoms with Gasteiger partial charge in [0.1, 0.15) is 17.7 Å². The smallest absolute Gasteiger partial charge is 0.163 e. The van der Waals surface area contributed by atoms with E-state index < -0.39 is 5.82 Å². The predicted octanol–water partition coefficient (Wildman–Crippen LogP) is 4.62. The third-order valence-corrected chi connectivity index (χ3v) is 6.30. The third kappa shape index (κ3) is 2.01. The number of ketones is 1. The fourth-order valence-electron chi connectivity index (χ4n) is 4.34. The minimum atomic E-state index is -0.396. The van der Waals surface area contributed by atoms with Crippen molar-refractivity contribution in [2.24, 2.45) is 16.7 Å². The van der Waals surface area contributed by atoms with Gasteiger partial charge in [-0.3, -0.25) is 4.79 Å². The normalized spacial score (nSPS) is 33.2. The first-order valence-corrected chi connectivity index (χ1v) is 7.73. The van der Waals surface area contributed by atoms with Gasteiger partial charge in [0.2, 0.25) is 0 Å². The van der Waals surface area contributed by atoms with Crippen LogP contribution in [0.5, 0.6) is 5.75 Å². The van der Waals surface area contributed by atoms with Gasteiger partial charge in [0.25, 0.3) is 0 Å². The molecule has 0 saturated heterocycles. The highest BCUT2D eigenvalue weighted by atomic mass is 19.1. The zero-order valence-electron chi connectivity index (χ0n) is 13.2. The first-order chi connectivity index (χ1) is 9.75. The second kappa shape index (κ2) is 4.56. The van der Waals surface area contributed by atoms with Crippen LogP contribution >= 0.6 is 0 Å². The Morgan fingerprint density at radius 3 is 2.57 bits per heavy atom. The standard InChI is InChI=1S/C18H23FO2/c1-11(20)14-10-13(19)5-6-15(14)21-16-9-12-7-8-18(16,4)17(12,2)3/h5-6,10,12,16H,7-9H2,1-4H3. The van der Waals surface area contributed by atoms with Crippen LogP contribution in [-0.2, 0) is 0 Å². The van der Waals surface area contributed by atoms with E-state index in [1.165, 1.54) is 25.5 Å². The van der Waals surface area contributed by atoms with Crippen molar-refractivity contribution in [3.8, 4) is 5.75 Å². The summed E-state index contributed by atoms with van der Waals surface area (Å²) in [5.74, 6) is 0.649. The molecule has 0 aliphatic heterocycles. The summed E-state index contributed by atoms with van der Waals surface area (Å²) >= 11 is 0. The first-order valence-electron chi connectivity index (χ1n) is 7.73. The molecule has 1 aromatic rings. The topological polar surface area (TPSA) is 26.3 Å². The zero-order chi connectivity index (χ0) is 15.4. The molecule has 0 amide bonds. The van der Waals surface area contributed by atoms with Crippen LogP contribution in [0.15, 0.2) is 18.2 Å². The number of ether oxygens (including phenoxy) is 1. The Bertz CT molecular complexity index is 593. The molecule has 2 bridgehead atoms. The van der Waals surface area contributed by atoms with Gasteiger partial charge in [0.05, 0.1) is 5.56 Å². The molecule has 2 nitrogen and oxygen atoms in total. The first kappa shape index (κ1) is 14.6. The van der Waals surface area contributed by atoms with Gasteiger partial charge in [0, 0.05) is 5.41 Å². The zero-order valence-corrected chi connectivity index (χ0v) is 13.2. The highest BCUT2D eigenvalue weighted by Gasteiger charge is 2.62. The lowest BCUT2D eigenvalue weighted by atomic mass is 9.70. The molecular weight excluding hydrogens is 267 g/mol. The molecule has 21 heavy (non-hydrogen) atoms. The van der Waals surface area contributed by atoms with Gasteiger partial charge in [-0.15, -0.1) is 0 Å². The number of Topliss-reactive ketones (excluding diaryl/α,β-unsaturated/α-hetero) is 1. The highest BCUT2D eigenvalue weighted by molar-refractivity contribution is 5.96. The lowest BCUT2D eigenvalue weighted by Crippen LogP contribution is -2.39. The summed E-state index contributed by atoms with van der Waals surface area (Å²) in [5, 5.41) is 0. The van der Waals surface area contributed by atoms with Crippen molar-refractivity contribution >= 4 is 5.78 Å². The number of carbonyl (C=O) groups excluding carboxylic acids is 1. The summed E-state index contributed by atoms with van der Waals surface area (Å²) in [4.78, 5) is 11.7. The largest absolute Gasteiger partial charge is 0.489 e. The van der Waals surface area contributed by atoms with Crippen molar-refractivity contribution in [1.29, 1.82) is 0 Å². The third-order valence-electron chi connectivity index (χ3n) is 6.30. The van der Waals surface area contributed by atoms with E-state index in [9.17, 15) is 9.18 Å². The average Bonchev–Trinajstić information content (AvgIpc) is 2.73. The van der Waals surface area contributed by atoms with E-state index in [1.807, 2.05) is 0 Å². The summed E-state index contributed by atoms with van der Waals surface area (Å²) in [6.07, 6.45) is 3.55. The van der Waals surface area contributed by atoms with Crippen LogP contribution in [0.3, 0.4) is 0 Å². The Labute approximate surface area is 125 Å². The second-order valence-electron chi connectivity index (χ2n) is 7.41. The number of rotatable bonds is 3. The molecule has 0 heterocycles. The van der Waals surface area contributed by atoms with Crippen molar-refractivity contribution < 1.29 is 13.9 Å². The van der Waals surface area contributed by atoms with Crippen LogP contribution < -0.4 is 4.74 Å². The Kier molecular flexibility index (Phi) is 3.16. The molecule has 2 aliphatic carbocycles. The maximum Gasteiger partial charge on any atom is 0.163 e. The number of hydrogen-bond acceptors (Lipinski definition) is 2. The summed E-state index contributed by atoms with van der Waals surface area (Å²) < 4.78 is 19.6. The van der Waals surface area contributed by atoms with E-state index in [0.29, 0.717) is 17.2 Å². The molecule has 114 valence electrons. The van der Waals surface area contributed by atoms with Crippen molar-refractivity contribution in [3.63, 3.8) is 0 Å². The van der Waals surface area contributed by atoms with E-state index in [1.54, 1.807) is 6.07 Å². The maximum atomic E-state index is 13.4. The summed E-state index contributed by atoms with van der Waals surface area (Å²) in [6.45, 7) is 8.39. The van der Waals surface area contributed by atoms with Gasteiger partial charge in [0.15, 0.2) is 5.78 Å². The molecule has 3 heteroatoms. The molecular formula is C18H23FO2. The Balaban J connectivity index is 1.91. The van der Waals surface area contributed by atoms with Gasteiger partial charge < -0.3 is 4.74 Å². The Morgan fingerprint density at radius 2 is 2.05 bits per heavy atom. The molecule has 3 rings (SSSR count). The quantitative estimate of drug-likeness (QED) is 0.759. The van der Waals surface area contributed by atoms with Crippen molar-refractivity contribution in [2.45, 2.75) is 53.1 Å². The van der Waals surface area contributed by atoms with Gasteiger partial charge in [-0.1, -0.05) is 20.8 Å². The molecule has 0 radical (unpaired) electrons. The number of hydrogen-bond donors (Lipinski definition) is 0. The molecule has 3 atom stereocenters. The van der Waals surface area contributed by atoms with Crippen LogP contribution in [0, 0.1) is 22.6 Å². The van der Waals surface area contributed by atoms with Crippen molar-refractivity contribution in [1.82, 2.24) is 0 Å². The number of benzene rings is 1. The van der Waals surface area contributed by atoms with E-state index >= 15 is 0 Å². The Hall–Kier alpha value is -1.38. The molecule has 0 aromatic heterocycles. The average molecular weight is 290 g/mol. The van der Waals surface area contributed by atoms with Crippen LogP contribution in [0.25, 0.3) is 0 Å². The van der Waals surface area contributed by atoms with Crippen LogP contribution in [0.4, 0.5) is 4.39 Å². The van der Waals surface area contributed by atoms with Crippen LogP contribution in [-0.4, -0.2) is 11.9 Å². The summed E-state index contributed by atoms with van der Waals surface area (Å²) in [7, 11) is 0. The SMILES string of the molecule is CC(=O)c1cc(F)ccc1OC1CC2CCC1(C)C2(C)C. The van der Waals surface area contributed by atoms with E-state index in [0.717, 1.165) is 12.8 Å². The summed E-state index contributed by atoms with van der Waals surface area (Å²) in [6, 6.07) is 4.23. The van der Waals surface area contributed by atoms with E-state index in [4.69, 9.17) is 4.74 Å². The lowest BCUT2D eigenvalue weighted by Gasteiger charge is -2.39. The fraction of sp³-hybridized carbons (Fsp3) is 0.611. The second-order valence-corrected chi connectivity index (χ2v) is 7.41. The van der Waals surface area contributed by atoms with Crippen molar-refractivity contribution in [3.05, 3.63) is 29.6 Å². The number of carbonyl (C=O) groups is 1. The fourth-order valence-corrected chi connectivity index (χ4v) is 4.34. The molecule has 2 fully saturated rings. The number of halogens is 1. The van der Waals surface area contributed by atoms with Gasteiger partial charge in [-0.25, -0.2) is 4.39 Å². The van der Waals surface area contributed by atoms with Crippen LogP contribution in [0.2, 0.25) is 0 Å². The van der Waals surface area contributed by atoms with Gasteiger partial charge in [-0.2, -0.15) is 0 Å². The van der Waals surface area contributed by atoms with Crippen LogP contribution in [0.1, 0.15) is 57.3 Å². The van der Waals surface area contributed by atoms with Crippen molar-refractivity contribution in [2.75, 3.05) is 0 Å². The molecule has 0 spiro atoms. The molecule has 3 unspecified atom stereocenters. The molecule has 2 aliphatic rings. The highest BCUT2D eigenvalue weighted by Crippen LogP contribution is 2.66. The maximum absolute atomic E-state index is 13.4. The Morgan fingerprint density at radius 1 is 1.33 bits per heavy atom. The molecule has 2 saturated carbocycles. The van der Waals surface area contributed by atoms with Gasteiger partial charge >= 0.3 is 0 Å². The predicted molar refractivity (Wildman–Crippen MR) is 80.0 cm³/mol. The molecule has 1 aromatic carbocycles. The minimum absolute atomic E-state index is 0.106. The molecule has 0 N–H and O–H groups in total. The number of fused-ring (bicyclic) bond motifs is 2. The minimum Gasteiger partial charge on any atom is -0.489 e. The monoisotopic (exact) mass is 290 g/mol. The lowest BCUT2D eigenvalue weighted by molar-refractivity contribution is 0.0295. The van der Waals surface area contributed by atoms with Gasteiger partial charge in [-0.05, 0) is 55.7 Å². The van der Waals surface area contributed by atoms with E-state index in [-0.39, 0.29) is 22.7 Å². The summed E-state index contributed by atoms with van der Waals surface area (Å²) in [5.41, 5.74) is 0.730.